The fourth-order valence-electron chi connectivity index (χ4n) is 3.80. The van der Waals surface area contributed by atoms with Crippen LogP contribution in [-0.4, -0.2) is 77.7 Å². The Bertz CT molecular complexity index is 1300. The maximum Gasteiger partial charge on any atom is 0.573 e. The number of hydrogen-bond donors (Lipinski definition) is 2. The van der Waals surface area contributed by atoms with E-state index in [0.29, 0.717) is 13.1 Å². The van der Waals surface area contributed by atoms with Gasteiger partial charge in [0.1, 0.15) is 11.6 Å². The van der Waals surface area contributed by atoms with Gasteiger partial charge in [0.2, 0.25) is 5.91 Å². The first-order valence-electron chi connectivity index (χ1n) is 11.6. The molecule has 0 saturated carbocycles. The molecule has 3 aromatic rings. The molecule has 1 aliphatic rings. The fraction of sp³-hybridized carbons (Fsp3) is 0.280. The number of ether oxygens (including phenoxy) is 1. The van der Waals surface area contributed by atoms with E-state index in [1.54, 1.807) is 6.07 Å². The molecule has 1 aromatic heterocycles. The van der Waals surface area contributed by atoms with Crippen molar-refractivity contribution in [3.8, 4) is 17.0 Å². The lowest BCUT2D eigenvalue weighted by molar-refractivity contribution is -0.274. The van der Waals surface area contributed by atoms with Crippen LogP contribution in [0.3, 0.4) is 0 Å². The Morgan fingerprint density at radius 2 is 1.74 bits per heavy atom. The van der Waals surface area contributed by atoms with Crippen LogP contribution in [-0.2, 0) is 4.79 Å². The summed E-state index contributed by atoms with van der Waals surface area (Å²) < 4.78 is 56.2. The summed E-state index contributed by atoms with van der Waals surface area (Å²) >= 11 is 0. The minimum Gasteiger partial charge on any atom is -0.406 e. The second-order valence-electron chi connectivity index (χ2n) is 8.60. The van der Waals surface area contributed by atoms with Gasteiger partial charge in [-0.15, -0.1) is 13.2 Å². The zero-order chi connectivity index (χ0) is 27.3. The van der Waals surface area contributed by atoms with Gasteiger partial charge < -0.3 is 20.3 Å². The van der Waals surface area contributed by atoms with Crippen LogP contribution in [0.25, 0.3) is 11.3 Å². The second kappa shape index (κ2) is 11.5. The predicted octanol–water partition coefficient (Wildman–Crippen LogP) is 3.62. The lowest BCUT2D eigenvalue weighted by Crippen LogP contribution is -2.47. The van der Waals surface area contributed by atoms with Crippen LogP contribution in [0.2, 0.25) is 0 Å². The Labute approximate surface area is 215 Å². The fourth-order valence-corrected chi connectivity index (χ4v) is 3.80. The van der Waals surface area contributed by atoms with E-state index in [4.69, 9.17) is 0 Å². The van der Waals surface area contributed by atoms with E-state index in [-0.39, 0.29) is 34.9 Å². The van der Waals surface area contributed by atoms with E-state index < -0.39 is 29.7 Å². The number of alkyl halides is 3. The highest BCUT2D eigenvalue weighted by atomic mass is 19.4. The zero-order valence-corrected chi connectivity index (χ0v) is 20.3. The third-order valence-corrected chi connectivity index (χ3v) is 5.75. The Balaban J connectivity index is 1.51. The molecule has 0 radical (unpaired) electrons. The molecule has 1 fully saturated rings. The number of nitrogens with zero attached hydrogens (tertiary/aromatic N) is 4. The molecule has 0 atom stereocenters. The average molecular weight is 532 g/mol. The number of nitrogens with one attached hydrogen (secondary N) is 2. The van der Waals surface area contributed by atoms with E-state index in [1.165, 1.54) is 30.6 Å². The molecule has 0 spiro atoms. The second-order valence-corrected chi connectivity index (χ2v) is 8.60. The third kappa shape index (κ3) is 7.23. The van der Waals surface area contributed by atoms with Gasteiger partial charge in [-0.3, -0.25) is 19.5 Å². The number of carbonyl (C=O) groups is 2. The number of halogens is 4. The van der Waals surface area contributed by atoms with Crippen molar-refractivity contribution in [3.63, 3.8) is 0 Å². The van der Waals surface area contributed by atoms with Crippen LogP contribution in [0.15, 0.2) is 54.9 Å². The van der Waals surface area contributed by atoms with Gasteiger partial charge in [0, 0.05) is 37.8 Å². The topological polar surface area (TPSA) is 99.7 Å². The lowest BCUT2D eigenvalue weighted by atomic mass is 10.1. The lowest BCUT2D eigenvalue weighted by Gasteiger charge is -2.31. The summed E-state index contributed by atoms with van der Waals surface area (Å²) in [6, 6.07) is 8.97. The Kier molecular flexibility index (Phi) is 8.17. The number of hydrogen-bond acceptors (Lipinski definition) is 7. The molecular weight excluding hydrogens is 508 g/mol. The summed E-state index contributed by atoms with van der Waals surface area (Å²) in [6.07, 6.45) is -2.47. The van der Waals surface area contributed by atoms with E-state index in [9.17, 15) is 27.2 Å². The summed E-state index contributed by atoms with van der Waals surface area (Å²) in [6.45, 7) is 2.84. The summed E-state index contributed by atoms with van der Waals surface area (Å²) in [5, 5.41) is 5.00. The van der Waals surface area contributed by atoms with Gasteiger partial charge in [-0.25, -0.2) is 9.37 Å². The average Bonchev–Trinajstić information content (AvgIpc) is 2.85. The van der Waals surface area contributed by atoms with Gasteiger partial charge in [-0.1, -0.05) is 12.1 Å². The van der Waals surface area contributed by atoms with Crippen molar-refractivity contribution in [2.75, 3.05) is 50.4 Å². The molecule has 1 saturated heterocycles. The van der Waals surface area contributed by atoms with Crippen LogP contribution in [0.5, 0.6) is 5.75 Å². The van der Waals surface area contributed by atoms with Crippen molar-refractivity contribution in [2.24, 2.45) is 0 Å². The monoisotopic (exact) mass is 532 g/mol. The van der Waals surface area contributed by atoms with Crippen LogP contribution < -0.4 is 15.4 Å². The van der Waals surface area contributed by atoms with Crippen LogP contribution in [0, 0.1) is 5.82 Å². The van der Waals surface area contributed by atoms with Crippen molar-refractivity contribution in [1.29, 1.82) is 0 Å². The normalized spacial score (nSPS) is 14.7. The van der Waals surface area contributed by atoms with Crippen molar-refractivity contribution in [1.82, 2.24) is 19.8 Å². The van der Waals surface area contributed by atoms with Crippen LogP contribution >= 0.6 is 0 Å². The van der Waals surface area contributed by atoms with Gasteiger partial charge >= 0.3 is 6.36 Å². The number of piperazine rings is 1. The number of amides is 2. The largest absolute Gasteiger partial charge is 0.573 e. The smallest absolute Gasteiger partial charge is 0.406 e. The number of anilines is 2. The standard InChI is InChI=1S/C25H24F4N6O3/c1-34-8-10-35(11-9-34)15-23(36)32-20-12-16(38-25(27,28)29)6-7-18(20)24(37)33-22-14-30-21(13-31-22)17-4-2-3-5-19(17)26/h2-7,12-14H,8-11,15H2,1H3,(H,32,36)(H,31,33,37). The summed E-state index contributed by atoms with van der Waals surface area (Å²) in [5.74, 6) is -2.33. The minimum atomic E-state index is -4.96. The molecular formula is C25H24F4N6O3. The molecule has 0 aliphatic carbocycles. The number of benzene rings is 2. The first kappa shape index (κ1) is 26.9. The van der Waals surface area contributed by atoms with Crippen molar-refractivity contribution < 1.29 is 31.9 Å². The molecule has 200 valence electrons. The minimum absolute atomic E-state index is 0.00222. The molecule has 38 heavy (non-hydrogen) atoms. The van der Waals surface area contributed by atoms with Crippen molar-refractivity contribution in [2.45, 2.75) is 6.36 Å². The predicted molar refractivity (Wildman–Crippen MR) is 131 cm³/mol. The maximum atomic E-state index is 14.0. The van der Waals surface area contributed by atoms with Gasteiger partial charge in [-0.2, -0.15) is 0 Å². The summed E-state index contributed by atoms with van der Waals surface area (Å²) in [5.41, 5.74) is 0.181. The Hall–Kier alpha value is -4.10. The number of carbonyl (C=O) groups excluding carboxylic acids is 2. The molecule has 0 bridgehead atoms. The zero-order valence-electron chi connectivity index (χ0n) is 20.3. The van der Waals surface area contributed by atoms with E-state index >= 15 is 0 Å². The number of likely N-dealkylation sites (N-methyl/N-ethyl adjacent to an activating group) is 1. The quantitative estimate of drug-likeness (QED) is 0.449. The van der Waals surface area contributed by atoms with E-state index in [1.807, 2.05) is 11.9 Å². The molecule has 9 nitrogen and oxygen atoms in total. The van der Waals surface area contributed by atoms with Gasteiger partial charge in [-0.05, 0) is 31.3 Å². The SMILES string of the molecule is CN1CCN(CC(=O)Nc2cc(OC(F)(F)F)ccc2C(=O)Nc2cnc(-c3ccccc3F)cn2)CC1. The first-order chi connectivity index (χ1) is 18.1. The first-order valence-corrected chi connectivity index (χ1v) is 11.6. The van der Waals surface area contributed by atoms with Crippen molar-refractivity contribution >= 4 is 23.3 Å². The highest BCUT2D eigenvalue weighted by molar-refractivity contribution is 6.10. The summed E-state index contributed by atoms with van der Waals surface area (Å²) in [7, 11) is 1.96. The van der Waals surface area contributed by atoms with Gasteiger partial charge in [0.15, 0.2) is 5.82 Å². The van der Waals surface area contributed by atoms with Crippen molar-refractivity contribution in [3.05, 3.63) is 66.2 Å². The molecule has 1 aliphatic heterocycles. The Morgan fingerprint density at radius 3 is 2.39 bits per heavy atom. The highest BCUT2D eigenvalue weighted by Crippen LogP contribution is 2.28. The third-order valence-electron chi connectivity index (χ3n) is 5.75. The van der Waals surface area contributed by atoms with Crippen LogP contribution in [0.1, 0.15) is 10.4 Å². The van der Waals surface area contributed by atoms with Gasteiger partial charge in [0.25, 0.3) is 5.91 Å². The number of rotatable bonds is 7. The van der Waals surface area contributed by atoms with E-state index in [2.05, 4.69) is 30.2 Å². The van der Waals surface area contributed by atoms with Gasteiger partial charge in [0.05, 0.1) is 35.9 Å². The molecule has 2 amide bonds. The molecule has 0 unspecified atom stereocenters. The molecule has 2 heterocycles. The van der Waals surface area contributed by atoms with E-state index in [0.717, 1.165) is 31.3 Å². The highest BCUT2D eigenvalue weighted by Gasteiger charge is 2.31. The molecule has 4 rings (SSSR count). The molecule has 2 aromatic carbocycles. The number of aromatic nitrogens is 2. The van der Waals surface area contributed by atoms with Crippen LogP contribution in [0.4, 0.5) is 29.1 Å². The maximum absolute atomic E-state index is 14.0. The summed E-state index contributed by atoms with van der Waals surface area (Å²) in [4.78, 5) is 37.8. The Morgan fingerprint density at radius 1 is 1.00 bits per heavy atom. The molecule has 13 heteroatoms. The molecule has 2 N–H and O–H groups in total.